The number of methoxy groups -OCH3 is 1. The average molecular weight is 457 g/mol. The van der Waals surface area contributed by atoms with Crippen LogP contribution in [0.5, 0.6) is 5.75 Å². The molecule has 2 aromatic heterocycles. The molecule has 10 heteroatoms. The van der Waals surface area contributed by atoms with Gasteiger partial charge in [0.25, 0.3) is 5.91 Å². The number of amides is 1. The van der Waals surface area contributed by atoms with E-state index in [0.29, 0.717) is 60.0 Å². The second-order valence-electron chi connectivity index (χ2n) is 7.33. The van der Waals surface area contributed by atoms with E-state index < -0.39 is 0 Å². The van der Waals surface area contributed by atoms with Crippen molar-refractivity contribution in [1.82, 2.24) is 24.6 Å². The van der Waals surface area contributed by atoms with Crippen molar-refractivity contribution in [3.05, 3.63) is 47.4 Å². The molecule has 1 amide bonds. The van der Waals surface area contributed by atoms with Gasteiger partial charge in [-0.2, -0.15) is 5.10 Å². The molecule has 0 atom stereocenters. The van der Waals surface area contributed by atoms with E-state index in [2.05, 4.69) is 27.3 Å². The number of carbonyl (C=O) groups is 1. The van der Waals surface area contributed by atoms with Crippen LogP contribution in [0, 0.1) is 0 Å². The molecule has 1 saturated heterocycles. The lowest BCUT2D eigenvalue weighted by Gasteiger charge is -2.27. The molecule has 0 unspecified atom stereocenters. The summed E-state index contributed by atoms with van der Waals surface area (Å²) in [6.45, 7) is 5.18. The molecule has 0 aliphatic carbocycles. The molecule has 0 radical (unpaired) electrons. The maximum atomic E-state index is 12.8. The summed E-state index contributed by atoms with van der Waals surface area (Å²) < 4.78 is 12.7. The molecule has 0 spiro atoms. The van der Waals surface area contributed by atoms with Crippen molar-refractivity contribution in [2.24, 2.45) is 0 Å². The lowest BCUT2D eigenvalue weighted by Crippen LogP contribution is -2.40. The average Bonchev–Trinajstić information content (AvgIpc) is 3.29. The second-order valence-corrected chi connectivity index (χ2v) is 7.73. The molecule has 1 fully saturated rings. The zero-order chi connectivity index (χ0) is 22.5. The zero-order valence-corrected chi connectivity index (χ0v) is 18.8. The monoisotopic (exact) mass is 456 g/mol. The number of hydrogen-bond donors (Lipinski definition) is 1. The van der Waals surface area contributed by atoms with E-state index >= 15 is 0 Å². The van der Waals surface area contributed by atoms with Crippen molar-refractivity contribution in [2.75, 3.05) is 38.7 Å². The highest BCUT2D eigenvalue weighted by atomic mass is 35.5. The lowest BCUT2D eigenvalue weighted by atomic mass is 10.1. The Morgan fingerprint density at radius 2 is 2.09 bits per heavy atom. The normalized spacial score (nSPS) is 13.8. The number of benzene rings is 1. The second kappa shape index (κ2) is 9.97. The third-order valence-corrected chi connectivity index (χ3v) is 5.37. The van der Waals surface area contributed by atoms with E-state index in [4.69, 9.17) is 21.1 Å². The smallest absolute Gasteiger partial charge is 0.254 e. The maximum absolute atomic E-state index is 12.8. The Hall–Kier alpha value is -3.17. The molecule has 3 aromatic rings. The van der Waals surface area contributed by atoms with Gasteiger partial charge in [0.1, 0.15) is 5.75 Å². The first-order chi connectivity index (χ1) is 15.6. The van der Waals surface area contributed by atoms with Crippen molar-refractivity contribution in [3.63, 3.8) is 0 Å². The van der Waals surface area contributed by atoms with Crippen LogP contribution < -0.4 is 10.1 Å². The fourth-order valence-electron chi connectivity index (χ4n) is 3.46. The van der Waals surface area contributed by atoms with Crippen LogP contribution in [-0.4, -0.2) is 64.0 Å². The molecule has 9 nitrogen and oxygen atoms in total. The van der Waals surface area contributed by atoms with Crippen LogP contribution in [0.15, 0.2) is 36.8 Å². The minimum absolute atomic E-state index is 0.0488. The number of aryl methyl sites for hydroxylation is 1. The molecule has 4 rings (SSSR count). The fourth-order valence-corrected chi connectivity index (χ4v) is 3.66. The first-order valence-electron chi connectivity index (χ1n) is 10.5. The summed E-state index contributed by atoms with van der Waals surface area (Å²) in [6.07, 6.45) is 6.18. The summed E-state index contributed by atoms with van der Waals surface area (Å²) in [5.41, 5.74) is 2.59. The van der Waals surface area contributed by atoms with Crippen LogP contribution in [0.3, 0.4) is 0 Å². The highest BCUT2D eigenvalue weighted by molar-refractivity contribution is 6.32. The highest BCUT2D eigenvalue weighted by Gasteiger charge is 2.20. The van der Waals surface area contributed by atoms with E-state index in [-0.39, 0.29) is 5.91 Å². The van der Waals surface area contributed by atoms with Crippen molar-refractivity contribution in [1.29, 1.82) is 0 Å². The van der Waals surface area contributed by atoms with Crippen LogP contribution >= 0.6 is 11.6 Å². The number of anilines is 2. The van der Waals surface area contributed by atoms with Gasteiger partial charge < -0.3 is 19.7 Å². The van der Waals surface area contributed by atoms with Gasteiger partial charge in [0.05, 0.1) is 49.1 Å². The van der Waals surface area contributed by atoms with E-state index in [1.165, 1.54) is 0 Å². The molecule has 1 aliphatic heterocycles. The van der Waals surface area contributed by atoms with Gasteiger partial charge in [-0.05, 0) is 24.6 Å². The molecule has 3 heterocycles. The highest BCUT2D eigenvalue weighted by Crippen LogP contribution is 2.31. The number of nitrogens with zero attached hydrogens (tertiary/aromatic N) is 5. The first kappa shape index (κ1) is 22.0. The quantitative estimate of drug-likeness (QED) is 0.580. The number of rotatable bonds is 7. The van der Waals surface area contributed by atoms with Gasteiger partial charge in [-0.1, -0.05) is 18.5 Å². The number of nitrogens with one attached hydrogen (secondary N) is 1. The van der Waals surface area contributed by atoms with Crippen LogP contribution in [0.25, 0.3) is 11.3 Å². The Labute approximate surface area is 191 Å². The molecule has 0 saturated carbocycles. The molecule has 168 valence electrons. The molecular weight excluding hydrogens is 432 g/mol. The minimum Gasteiger partial charge on any atom is -0.495 e. The Morgan fingerprint density at radius 3 is 2.84 bits per heavy atom. The van der Waals surface area contributed by atoms with E-state index in [9.17, 15) is 4.79 Å². The summed E-state index contributed by atoms with van der Waals surface area (Å²) in [7, 11) is 1.56. The predicted octanol–water partition coefficient (Wildman–Crippen LogP) is 3.63. The van der Waals surface area contributed by atoms with Crippen molar-refractivity contribution >= 4 is 29.1 Å². The number of aromatic nitrogens is 4. The minimum atomic E-state index is -0.0488. The van der Waals surface area contributed by atoms with Gasteiger partial charge in [0.15, 0.2) is 0 Å². The Balaban J connectivity index is 1.56. The fraction of sp³-hybridized carbons (Fsp3) is 0.364. The standard InChI is InChI=1S/C22H25ClN6O3/c1-3-6-29-14-16(12-25-29)20-17(23)13-24-22(27-20)26-18-5-4-15(11-19(18)31-2)21(30)28-7-9-32-10-8-28/h4-5,11-14H,3,6-10H2,1-2H3,(H,24,26,27). The molecule has 32 heavy (non-hydrogen) atoms. The third kappa shape index (κ3) is 4.84. The summed E-state index contributed by atoms with van der Waals surface area (Å²) in [6, 6.07) is 5.25. The summed E-state index contributed by atoms with van der Waals surface area (Å²) >= 11 is 6.34. The Morgan fingerprint density at radius 1 is 1.28 bits per heavy atom. The predicted molar refractivity (Wildman–Crippen MR) is 122 cm³/mol. The van der Waals surface area contributed by atoms with E-state index in [0.717, 1.165) is 18.5 Å². The van der Waals surface area contributed by atoms with Crippen molar-refractivity contribution in [3.8, 4) is 17.0 Å². The summed E-state index contributed by atoms with van der Waals surface area (Å²) in [5.74, 6) is 0.824. The van der Waals surface area contributed by atoms with Crippen molar-refractivity contribution < 1.29 is 14.3 Å². The third-order valence-electron chi connectivity index (χ3n) is 5.10. The topological polar surface area (TPSA) is 94.4 Å². The number of carbonyl (C=O) groups excluding carboxylic acids is 1. The van der Waals surface area contributed by atoms with E-state index in [1.54, 1.807) is 42.6 Å². The zero-order valence-electron chi connectivity index (χ0n) is 18.0. The van der Waals surface area contributed by atoms with Gasteiger partial charge in [0.2, 0.25) is 5.95 Å². The molecule has 1 aliphatic rings. The van der Waals surface area contributed by atoms with Gasteiger partial charge in [-0.3, -0.25) is 9.48 Å². The summed E-state index contributed by atoms with van der Waals surface area (Å²) in [4.78, 5) is 23.4. The van der Waals surface area contributed by atoms with Crippen LogP contribution in [0.4, 0.5) is 11.6 Å². The van der Waals surface area contributed by atoms with E-state index in [1.807, 2.05) is 10.9 Å². The Bertz CT molecular complexity index is 1100. The molecule has 1 N–H and O–H groups in total. The van der Waals surface area contributed by atoms with Gasteiger partial charge in [-0.15, -0.1) is 0 Å². The van der Waals surface area contributed by atoms with Gasteiger partial charge in [0, 0.05) is 37.0 Å². The van der Waals surface area contributed by atoms with Crippen molar-refractivity contribution in [2.45, 2.75) is 19.9 Å². The molecular formula is C22H25ClN6O3. The summed E-state index contributed by atoms with van der Waals surface area (Å²) in [5, 5.41) is 7.94. The SMILES string of the molecule is CCCn1cc(-c2nc(Nc3ccc(C(=O)N4CCOCC4)cc3OC)ncc2Cl)cn1. The lowest BCUT2D eigenvalue weighted by molar-refractivity contribution is 0.0302. The first-order valence-corrected chi connectivity index (χ1v) is 10.8. The van der Waals surface area contributed by atoms with Crippen LogP contribution in [0.2, 0.25) is 5.02 Å². The van der Waals surface area contributed by atoms with Crippen LogP contribution in [0.1, 0.15) is 23.7 Å². The Kier molecular flexibility index (Phi) is 6.87. The molecule has 1 aromatic carbocycles. The maximum Gasteiger partial charge on any atom is 0.254 e. The van der Waals surface area contributed by atoms with Gasteiger partial charge in [-0.25, -0.2) is 9.97 Å². The largest absolute Gasteiger partial charge is 0.495 e. The molecule has 0 bridgehead atoms. The number of ether oxygens (including phenoxy) is 2. The van der Waals surface area contributed by atoms with Crippen LogP contribution in [-0.2, 0) is 11.3 Å². The van der Waals surface area contributed by atoms with Gasteiger partial charge >= 0.3 is 0 Å². The number of halogens is 1. The number of hydrogen-bond acceptors (Lipinski definition) is 7. The number of morpholine rings is 1.